The van der Waals surface area contributed by atoms with E-state index in [1.54, 1.807) is 6.20 Å². The van der Waals surface area contributed by atoms with E-state index in [4.69, 9.17) is 15.6 Å². The number of halogens is 1. The number of nitrogens with two attached hydrogens (primary N) is 1. The van der Waals surface area contributed by atoms with Gasteiger partial charge in [-0.05, 0) is 15.9 Å². The molecule has 0 radical (unpaired) electrons. The summed E-state index contributed by atoms with van der Waals surface area (Å²) in [7, 11) is 0. The molecule has 0 bridgehead atoms. The van der Waals surface area contributed by atoms with E-state index in [0.29, 0.717) is 10.2 Å². The molecule has 8 heteroatoms. The molecule has 0 unspecified atom stereocenters. The predicted octanol–water partition coefficient (Wildman–Crippen LogP) is 0.168. The number of anilines is 1. The summed E-state index contributed by atoms with van der Waals surface area (Å²) in [6.07, 6.45) is 1.15. The molecule has 1 aromatic heterocycles. The van der Waals surface area contributed by atoms with Crippen molar-refractivity contribution < 1.29 is 9.84 Å². The summed E-state index contributed by atoms with van der Waals surface area (Å²) in [5, 5.41) is 8.92. The Balaban J connectivity index is 2.28. The summed E-state index contributed by atoms with van der Waals surface area (Å²) < 4.78 is 7.36. The topological polar surface area (TPSA) is 90.4 Å². The van der Waals surface area contributed by atoms with Gasteiger partial charge in [0.25, 0.3) is 0 Å². The summed E-state index contributed by atoms with van der Waals surface area (Å²) in [4.78, 5) is 15.2. The third-order valence-electron chi connectivity index (χ3n) is 2.13. The lowest BCUT2D eigenvalue weighted by molar-refractivity contribution is -0.00639. The number of rotatable bonds is 2. The van der Waals surface area contributed by atoms with Crippen molar-refractivity contribution in [1.82, 2.24) is 9.55 Å². The molecular formula is C8H10BrN3O3S. The van der Waals surface area contributed by atoms with Crippen LogP contribution < -0.4 is 11.4 Å². The molecule has 2 atom stereocenters. The van der Waals surface area contributed by atoms with Gasteiger partial charge in [0.05, 0.1) is 11.1 Å². The van der Waals surface area contributed by atoms with Crippen molar-refractivity contribution in [2.45, 2.75) is 11.7 Å². The highest BCUT2D eigenvalue weighted by atomic mass is 79.9. The molecule has 0 aromatic carbocycles. The number of thioether (sulfide) groups is 1. The maximum absolute atomic E-state index is 11.6. The standard InChI is InChI=1S/C8H10BrN3O3S/c9-4-1-12(8(14)11-7(4)10)5-3-16-6(2-13)15-5/h1,5-6,13H,2-3H2,(H2,10,11,14)/t5-,6-/m0/s1. The zero-order valence-corrected chi connectivity index (χ0v) is 10.6. The first-order valence-corrected chi connectivity index (χ1v) is 6.38. The Morgan fingerprint density at radius 1 is 1.81 bits per heavy atom. The number of ether oxygens (including phenoxy) is 1. The maximum Gasteiger partial charge on any atom is 0.351 e. The predicted molar refractivity (Wildman–Crippen MR) is 64.1 cm³/mol. The molecule has 2 heterocycles. The number of hydrogen-bond acceptors (Lipinski definition) is 6. The molecule has 1 aromatic rings. The fourth-order valence-electron chi connectivity index (χ4n) is 1.35. The van der Waals surface area contributed by atoms with Crippen LogP contribution in [-0.2, 0) is 4.74 Å². The Morgan fingerprint density at radius 3 is 3.19 bits per heavy atom. The van der Waals surface area contributed by atoms with Crippen molar-refractivity contribution in [2.24, 2.45) is 0 Å². The Labute approximate surface area is 104 Å². The van der Waals surface area contributed by atoms with Crippen molar-refractivity contribution in [2.75, 3.05) is 18.1 Å². The second kappa shape index (κ2) is 4.74. The van der Waals surface area contributed by atoms with Crippen LogP contribution in [0.4, 0.5) is 5.82 Å². The number of aliphatic hydroxyl groups is 1. The van der Waals surface area contributed by atoms with Crippen molar-refractivity contribution >= 4 is 33.5 Å². The molecule has 3 N–H and O–H groups in total. The van der Waals surface area contributed by atoms with Gasteiger partial charge in [-0.2, -0.15) is 4.98 Å². The van der Waals surface area contributed by atoms with Crippen LogP contribution in [-0.4, -0.2) is 32.5 Å². The molecule has 1 aliphatic rings. The summed E-state index contributed by atoms with van der Waals surface area (Å²) in [5.74, 6) is 0.758. The molecule has 88 valence electrons. The first kappa shape index (κ1) is 11.9. The maximum atomic E-state index is 11.6. The molecular weight excluding hydrogens is 298 g/mol. The van der Waals surface area contributed by atoms with Gasteiger partial charge in [-0.1, -0.05) is 0 Å². The van der Waals surface area contributed by atoms with Crippen LogP contribution in [0.2, 0.25) is 0 Å². The van der Waals surface area contributed by atoms with Crippen LogP contribution in [0.3, 0.4) is 0 Å². The zero-order valence-electron chi connectivity index (χ0n) is 8.17. The van der Waals surface area contributed by atoms with Gasteiger partial charge < -0.3 is 15.6 Å². The molecule has 0 amide bonds. The summed E-state index contributed by atoms with van der Waals surface area (Å²) in [6, 6.07) is 0. The minimum Gasteiger partial charge on any atom is -0.393 e. The fraction of sp³-hybridized carbons (Fsp3) is 0.500. The molecule has 16 heavy (non-hydrogen) atoms. The molecule has 6 nitrogen and oxygen atoms in total. The van der Waals surface area contributed by atoms with Gasteiger partial charge in [0.1, 0.15) is 17.5 Å². The van der Waals surface area contributed by atoms with Gasteiger partial charge in [-0.3, -0.25) is 4.57 Å². The molecule has 1 saturated heterocycles. The van der Waals surface area contributed by atoms with Crippen molar-refractivity contribution in [1.29, 1.82) is 0 Å². The number of aromatic nitrogens is 2. The minimum atomic E-state index is -0.454. The average Bonchev–Trinajstić information content (AvgIpc) is 2.71. The molecule has 1 aliphatic heterocycles. The zero-order chi connectivity index (χ0) is 11.7. The van der Waals surface area contributed by atoms with Crippen LogP contribution in [0.15, 0.2) is 15.5 Å². The number of nitrogens with zero attached hydrogens (tertiary/aromatic N) is 2. The van der Waals surface area contributed by atoms with Crippen LogP contribution in [0.5, 0.6) is 0 Å². The molecule has 0 aliphatic carbocycles. The van der Waals surface area contributed by atoms with Crippen molar-refractivity contribution in [3.05, 3.63) is 21.2 Å². The molecule has 0 spiro atoms. The Bertz CT molecular complexity index is 453. The van der Waals surface area contributed by atoms with Crippen molar-refractivity contribution in [3.8, 4) is 0 Å². The highest BCUT2D eigenvalue weighted by Gasteiger charge is 2.27. The van der Waals surface area contributed by atoms with Gasteiger partial charge in [0.15, 0.2) is 0 Å². The quantitative estimate of drug-likeness (QED) is 0.809. The lowest BCUT2D eigenvalue weighted by atomic mass is 10.5. The first-order valence-electron chi connectivity index (χ1n) is 4.54. The van der Waals surface area contributed by atoms with Gasteiger partial charge in [-0.25, -0.2) is 4.79 Å². The Morgan fingerprint density at radius 2 is 2.56 bits per heavy atom. The Kier molecular flexibility index (Phi) is 3.53. The van der Waals surface area contributed by atoms with Gasteiger partial charge in [0.2, 0.25) is 0 Å². The van der Waals surface area contributed by atoms with E-state index in [9.17, 15) is 4.79 Å². The second-order valence-corrected chi connectivity index (χ2v) is 5.25. The second-order valence-electron chi connectivity index (χ2n) is 3.20. The van der Waals surface area contributed by atoms with E-state index in [-0.39, 0.29) is 17.9 Å². The number of hydrogen-bond donors (Lipinski definition) is 2. The normalized spacial score (nSPS) is 24.9. The van der Waals surface area contributed by atoms with E-state index >= 15 is 0 Å². The van der Waals surface area contributed by atoms with Crippen LogP contribution in [0, 0.1) is 0 Å². The summed E-state index contributed by atoms with van der Waals surface area (Å²) in [5.41, 5.74) is 4.75. The van der Waals surface area contributed by atoms with Gasteiger partial charge in [-0.15, -0.1) is 11.8 Å². The number of nitrogen functional groups attached to an aromatic ring is 1. The van der Waals surface area contributed by atoms with E-state index in [1.165, 1.54) is 16.3 Å². The SMILES string of the molecule is Nc1nc(=O)n([C@@H]2CS[C@@H](CO)O2)cc1Br. The highest BCUT2D eigenvalue weighted by Crippen LogP contribution is 2.31. The third-order valence-corrected chi connectivity index (χ3v) is 3.85. The highest BCUT2D eigenvalue weighted by molar-refractivity contribution is 9.10. The summed E-state index contributed by atoms with van der Waals surface area (Å²) >= 11 is 4.66. The lowest BCUT2D eigenvalue weighted by Crippen LogP contribution is -2.29. The van der Waals surface area contributed by atoms with E-state index in [2.05, 4.69) is 20.9 Å². The van der Waals surface area contributed by atoms with Crippen LogP contribution >= 0.6 is 27.7 Å². The Hall–Kier alpha value is -0.570. The average molecular weight is 308 g/mol. The van der Waals surface area contributed by atoms with E-state index in [1.807, 2.05) is 0 Å². The summed E-state index contributed by atoms with van der Waals surface area (Å²) in [6.45, 7) is -0.0700. The monoisotopic (exact) mass is 307 g/mol. The lowest BCUT2D eigenvalue weighted by Gasteiger charge is -2.14. The van der Waals surface area contributed by atoms with E-state index < -0.39 is 11.9 Å². The molecule has 2 rings (SSSR count). The van der Waals surface area contributed by atoms with Crippen molar-refractivity contribution in [3.63, 3.8) is 0 Å². The van der Waals surface area contributed by atoms with E-state index in [0.717, 1.165) is 0 Å². The van der Waals surface area contributed by atoms with Crippen LogP contribution in [0.1, 0.15) is 6.23 Å². The third kappa shape index (κ3) is 2.24. The largest absolute Gasteiger partial charge is 0.393 e. The van der Waals surface area contributed by atoms with Gasteiger partial charge >= 0.3 is 5.69 Å². The van der Waals surface area contributed by atoms with Crippen LogP contribution in [0.25, 0.3) is 0 Å². The smallest absolute Gasteiger partial charge is 0.351 e. The molecule has 0 saturated carbocycles. The number of aliphatic hydroxyl groups excluding tert-OH is 1. The van der Waals surface area contributed by atoms with Gasteiger partial charge in [0, 0.05) is 11.9 Å². The fourth-order valence-corrected chi connectivity index (χ4v) is 2.59. The molecule has 1 fully saturated rings. The minimum absolute atomic E-state index is 0.0700. The first-order chi connectivity index (χ1) is 7.61.